The predicted molar refractivity (Wildman–Crippen MR) is 107 cm³/mol. The van der Waals surface area contributed by atoms with Gasteiger partial charge in [0.05, 0.1) is 19.9 Å². The number of methoxy groups -OCH3 is 2. The first-order valence-corrected chi connectivity index (χ1v) is 8.65. The number of anilines is 1. The van der Waals surface area contributed by atoms with Crippen LogP contribution < -0.4 is 15.2 Å². The molecule has 2 aromatic carbocycles. The second-order valence-corrected chi connectivity index (χ2v) is 5.95. The highest BCUT2D eigenvalue weighted by molar-refractivity contribution is 5.88. The second-order valence-electron chi connectivity index (χ2n) is 5.95. The first kappa shape index (κ1) is 18.3. The molecule has 0 unspecified atom stereocenters. The lowest BCUT2D eigenvalue weighted by Crippen LogP contribution is -2.06. The van der Waals surface area contributed by atoms with Crippen molar-refractivity contribution in [2.45, 2.75) is 13.3 Å². The minimum absolute atomic E-state index is 0.202. The SMILES string of the molecule is CCc1c(-c2ccccc2)nc(N)c(C#N)c1-c1cccc(OC)c1OC. The van der Waals surface area contributed by atoms with Crippen molar-refractivity contribution in [2.75, 3.05) is 20.0 Å². The van der Waals surface area contributed by atoms with E-state index in [1.165, 1.54) is 0 Å². The van der Waals surface area contributed by atoms with Crippen LogP contribution in [0.15, 0.2) is 48.5 Å². The van der Waals surface area contributed by atoms with E-state index in [-0.39, 0.29) is 5.82 Å². The zero-order valence-electron chi connectivity index (χ0n) is 15.6. The molecule has 3 rings (SSSR count). The Balaban J connectivity index is 2.43. The molecule has 1 aromatic heterocycles. The van der Waals surface area contributed by atoms with Gasteiger partial charge in [-0.05, 0) is 18.1 Å². The summed E-state index contributed by atoms with van der Waals surface area (Å²) in [5, 5.41) is 9.79. The van der Waals surface area contributed by atoms with Gasteiger partial charge in [0, 0.05) is 16.7 Å². The van der Waals surface area contributed by atoms with Crippen LogP contribution in [0.2, 0.25) is 0 Å². The molecule has 5 nitrogen and oxygen atoms in total. The molecular weight excluding hydrogens is 338 g/mol. The van der Waals surface area contributed by atoms with Crippen LogP contribution in [0.1, 0.15) is 18.1 Å². The molecule has 0 aliphatic heterocycles. The summed E-state index contributed by atoms with van der Waals surface area (Å²) in [6, 6.07) is 17.7. The van der Waals surface area contributed by atoms with Crippen LogP contribution in [0, 0.1) is 11.3 Å². The molecule has 27 heavy (non-hydrogen) atoms. The van der Waals surface area contributed by atoms with Crippen LogP contribution in [-0.2, 0) is 6.42 Å². The molecular formula is C22H21N3O2. The zero-order chi connectivity index (χ0) is 19.4. The predicted octanol–water partition coefficient (Wildman–Crippen LogP) is 4.45. The molecule has 0 spiro atoms. The lowest BCUT2D eigenvalue weighted by atomic mass is 9.90. The molecule has 0 aliphatic rings. The van der Waals surface area contributed by atoms with Crippen molar-refractivity contribution in [1.82, 2.24) is 4.98 Å². The molecule has 0 atom stereocenters. The van der Waals surface area contributed by atoms with Gasteiger partial charge in [0.1, 0.15) is 17.5 Å². The molecule has 0 bridgehead atoms. The van der Waals surface area contributed by atoms with Crippen molar-refractivity contribution in [2.24, 2.45) is 0 Å². The summed E-state index contributed by atoms with van der Waals surface area (Å²) in [5.41, 5.74) is 10.7. The van der Waals surface area contributed by atoms with Crippen LogP contribution in [-0.4, -0.2) is 19.2 Å². The molecule has 0 amide bonds. The van der Waals surface area contributed by atoms with E-state index in [1.807, 2.05) is 55.5 Å². The smallest absolute Gasteiger partial charge is 0.168 e. The Kier molecular flexibility index (Phi) is 5.28. The Bertz CT molecular complexity index is 1010. The molecule has 0 saturated carbocycles. The van der Waals surface area contributed by atoms with Crippen LogP contribution in [0.3, 0.4) is 0 Å². The van der Waals surface area contributed by atoms with Crippen molar-refractivity contribution < 1.29 is 9.47 Å². The number of hydrogen-bond donors (Lipinski definition) is 1. The van der Waals surface area contributed by atoms with E-state index in [0.29, 0.717) is 23.5 Å². The number of benzene rings is 2. The van der Waals surface area contributed by atoms with Gasteiger partial charge >= 0.3 is 0 Å². The summed E-state index contributed by atoms with van der Waals surface area (Å²) in [6.07, 6.45) is 0.682. The van der Waals surface area contributed by atoms with Crippen molar-refractivity contribution in [3.05, 3.63) is 59.7 Å². The third-order valence-electron chi connectivity index (χ3n) is 4.51. The fraction of sp³-hybridized carbons (Fsp3) is 0.182. The van der Waals surface area contributed by atoms with E-state index >= 15 is 0 Å². The van der Waals surface area contributed by atoms with Crippen LogP contribution in [0.5, 0.6) is 11.5 Å². The molecule has 0 saturated heterocycles. The normalized spacial score (nSPS) is 10.3. The van der Waals surface area contributed by atoms with E-state index in [0.717, 1.165) is 27.9 Å². The number of para-hydroxylation sites is 1. The Morgan fingerprint density at radius 3 is 2.37 bits per heavy atom. The van der Waals surface area contributed by atoms with E-state index in [4.69, 9.17) is 15.2 Å². The van der Waals surface area contributed by atoms with Gasteiger partial charge in [-0.25, -0.2) is 4.98 Å². The van der Waals surface area contributed by atoms with Crippen molar-refractivity contribution in [3.8, 4) is 40.0 Å². The number of nitrogens with zero attached hydrogens (tertiary/aromatic N) is 2. The van der Waals surface area contributed by atoms with Gasteiger partial charge in [0.25, 0.3) is 0 Å². The largest absolute Gasteiger partial charge is 0.493 e. The first-order valence-electron chi connectivity index (χ1n) is 8.65. The number of nitrogens with two attached hydrogens (primary N) is 1. The maximum Gasteiger partial charge on any atom is 0.168 e. The van der Waals surface area contributed by atoms with Gasteiger partial charge in [-0.3, -0.25) is 0 Å². The van der Waals surface area contributed by atoms with Gasteiger partial charge in [0.2, 0.25) is 0 Å². The highest BCUT2D eigenvalue weighted by atomic mass is 16.5. The Labute approximate surface area is 159 Å². The summed E-state index contributed by atoms with van der Waals surface area (Å²) in [4.78, 5) is 4.55. The summed E-state index contributed by atoms with van der Waals surface area (Å²) in [5.74, 6) is 1.36. The average Bonchev–Trinajstić information content (AvgIpc) is 2.72. The summed E-state index contributed by atoms with van der Waals surface area (Å²) < 4.78 is 11.0. The van der Waals surface area contributed by atoms with E-state index in [9.17, 15) is 5.26 Å². The van der Waals surface area contributed by atoms with E-state index in [2.05, 4.69) is 11.1 Å². The lowest BCUT2D eigenvalue weighted by Gasteiger charge is -2.19. The Morgan fingerprint density at radius 2 is 1.78 bits per heavy atom. The number of nitrogen functional groups attached to an aromatic ring is 1. The van der Waals surface area contributed by atoms with Gasteiger partial charge in [-0.15, -0.1) is 0 Å². The average molecular weight is 359 g/mol. The standard InChI is InChI=1S/C22H21N3O2/c1-4-15-19(16-11-8-12-18(26-2)21(16)27-3)17(13-23)22(24)25-20(15)14-9-6-5-7-10-14/h5-12H,4H2,1-3H3,(H2,24,25). The highest BCUT2D eigenvalue weighted by Crippen LogP contribution is 2.44. The molecule has 1 heterocycles. The monoisotopic (exact) mass is 359 g/mol. The van der Waals surface area contributed by atoms with Gasteiger partial charge < -0.3 is 15.2 Å². The molecule has 0 radical (unpaired) electrons. The highest BCUT2D eigenvalue weighted by Gasteiger charge is 2.23. The minimum Gasteiger partial charge on any atom is -0.493 e. The quantitative estimate of drug-likeness (QED) is 0.728. The minimum atomic E-state index is 0.202. The molecule has 3 aromatic rings. The first-order chi connectivity index (χ1) is 13.2. The Hall–Kier alpha value is -3.52. The fourth-order valence-corrected chi connectivity index (χ4v) is 3.31. The van der Waals surface area contributed by atoms with Crippen molar-refractivity contribution >= 4 is 5.82 Å². The number of rotatable bonds is 5. The maximum atomic E-state index is 9.79. The number of aromatic nitrogens is 1. The van der Waals surface area contributed by atoms with Gasteiger partial charge in [-0.1, -0.05) is 49.4 Å². The summed E-state index contributed by atoms with van der Waals surface area (Å²) >= 11 is 0. The molecule has 0 fully saturated rings. The van der Waals surface area contributed by atoms with Crippen LogP contribution in [0.25, 0.3) is 22.4 Å². The molecule has 136 valence electrons. The molecule has 5 heteroatoms. The maximum absolute atomic E-state index is 9.79. The number of hydrogen-bond acceptors (Lipinski definition) is 5. The summed E-state index contributed by atoms with van der Waals surface area (Å²) in [7, 11) is 3.17. The number of pyridine rings is 1. The topological polar surface area (TPSA) is 81.2 Å². The second kappa shape index (κ2) is 7.79. The third kappa shape index (κ3) is 3.18. The van der Waals surface area contributed by atoms with E-state index < -0.39 is 0 Å². The van der Waals surface area contributed by atoms with Crippen molar-refractivity contribution in [1.29, 1.82) is 5.26 Å². The molecule has 2 N–H and O–H groups in total. The summed E-state index contributed by atoms with van der Waals surface area (Å²) in [6.45, 7) is 2.04. The zero-order valence-corrected chi connectivity index (χ0v) is 15.6. The molecule has 0 aliphatic carbocycles. The van der Waals surface area contributed by atoms with Crippen LogP contribution >= 0.6 is 0 Å². The van der Waals surface area contributed by atoms with Gasteiger partial charge in [-0.2, -0.15) is 5.26 Å². The lowest BCUT2D eigenvalue weighted by molar-refractivity contribution is 0.356. The van der Waals surface area contributed by atoms with Crippen molar-refractivity contribution in [3.63, 3.8) is 0 Å². The van der Waals surface area contributed by atoms with E-state index in [1.54, 1.807) is 14.2 Å². The van der Waals surface area contributed by atoms with Gasteiger partial charge in [0.15, 0.2) is 11.5 Å². The van der Waals surface area contributed by atoms with Crippen LogP contribution in [0.4, 0.5) is 5.82 Å². The number of ether oxygens (including phenoxy) is 2. The Morgan fingerprint density at radius 1 is 1.04 bits per heavy atom. The fourth-order valence-electron chi connectivity index (χ4n) is 3.31. The third-order valence-corrected chi connectivity index (χ3v) is 4.51. The number of nitriles is 1.